The number of rotatable bonds is 8. The van der Waals surface area contributed by atoms with Crippen molar-refractivity contribution in [2.24, 2.45) is 0 Å². The summed E-state index contributed by atoms with van der Waals surface area (Å²) in [6.45, 7) is 2.64. The van der Waals surface area contributed by atoms with Gasteiger partial charge in [-0.15, -0.1) is 11.3 Å². The Bertz CT molecular complexity index is 953. The Labute approximate surface area is 170 Å². The number of aliphatic carboxylic acids is 1. The average molecular weight is 423 g/mol. The van der Waals surface area contributed by atoms with E-state index in [0.717, 1.165) is 47.5 Å². The summed E-state index contributed by atoms with van der Waals surface area (Å²) in [5.74, 6) is -0.751. The van der Waals surface area contributed by atoms with Crippen LogP contribution in [-0.2, 0) is 14.8 Å². The normalized spacial score (nSPS) is 17.6. The summed E-state index contributed by atoms with van der Waals surface area (Å²) in [6, 6.07) is 7.29. The summed E-state index contributed by atoms with van der Waals surface area (Å²) in [7, 11) is -1.99. The molecule has 6 nitrogen and oxygen atoms in total. The zero-order chi connectivity index (χ0) is 20.3. The zero-order valence-corrected chi connectivity index (χ0v) is 17.8. The van der Waals surface area contributed by atoms with Crippen LogP contribution < -0.4 is 9.62 Å². The summed E-state index contributed by atoms with van der Waals surface area (Å²) >= 11 is 1.56. The Kier molecular flexibility index (Phi) is 6.42. The summed E-state index contributed by atoms with van der Waals surface area (Å²) in [5, 5.41) is 14.2. The molecule has 1 atom stereocenters. The van der Waals surface area contributed by atoms with E-state index in [1.165, 1.54) is 4.31 Å². The number of nitrogens with zero attached hydrogens (tertiary/aromatic N) is 1. The lowest BCUT2D eigenvalue weighted by atomic mass is 10.0. The van der Waals surface area contributed by atoms with Gasteiger partial charge in [0.1, 0.15) is 0 Å². The van der Waals surface area contributed by atoms with E-state index in [1.54, 1.807) is 24.5 Å². The molecule has 2 aromatic rings. The Balaban J connectivity index is 1.80. The summed E-state index contributed by atoms with van der Waals surface area (Å²) in [5.41, 5.74) is 2.42. The van der Waals surface area contributed by atoms with Crippen molar-refractivity contribution in [1.82, 2.24) is 5.32 Å². The van der Waals surface area contributed by atoms with Gasteiger partial charge in [-0.05, 0) is 54.9 Å². The summed E-state index contributed by atoms with van der Waals surface area (Å²) in [6.07, 6.45) is 3.66. The zero-order valence-electron chi connectivity index (χ0n) is 16.1. The molecule has 0 saturated heterocycles. The van der Waals surface area contributed by atoms with Crippen LogP contribution in [-0.4, -0.2) is 33.1 Å². The Hall–Kier alpha value is -1.90. The molecule has 1 aromatic carbocycles. The molecule has 2 N–H and O–H groups in total. The molecule has 0 fully saturated rings. The number of sulfonamides is 1. The molecule has 1 aliphatic rings. The number of carboxylic acid groups (broad SMARTS) is 1. The standard InChI is InChI=1S/C20H26N2O4S2/c1-14-8-9-15-17(13-14)28(25,26)22(2)16-10-12-27-20(16)19(15)21-11-6-4-3-5-7-18(23)24/h8-10,12-13,19,21H,3-7,11H2,1-2H3,(H,23,24). The smallest absolute Gasteiger partial charge is 0.303 e. The van der Waals surface area contributed by atoms with Gasteiger partial charge in [0, 0.05) is 13.5 Å². The number of anilines is 1. The second-order valence-corrected chi connectivity index (χ2v) is 10.0. The molecule has 0 radical (unpaired) electrons. The lowest BCUT2D eigenvalue weighted by Crippen LogP contribution is -2.26. The van der Waals surface area contributed by atoms with E-state index in [4.69, 9.17) is 5.11 Å². The number of carbonyl (C=O) groups is 1. The number of hydrogen-bond donors (Lipinski definition) is 2. The summed E-state index contributed by atoms with van der Waals surface area (Å²) < 4.78 is 27.7. The molecule has 8 heteroatoms. The van der Waals surface area contributed by atoms with Crippen molar-refractivity contribution in [1.29, 1.82) is 0 Å². The van der Waals surface area contributed by atoms with Crippen molar-refractivity contribution < 1.29 is 18.3 Å². The van der Waals surface area contributed by atoms with E-state index in [2.05, 4.69) is 5.32 Å². The molecule has 2 heterocycles. The maximum atomic E-state index is 13.1. The van der Waals surface area contributed by atoms with Crippen LogP contribution in [0, 0.1) is 6.92 Å². The first-order valence-corrected chi connectivity index (χ1v) is 11.8. The maximum absolute atomic E-state index is 13.1. The second-order valence-electron chi connectivity index (χ2n) is 7.13. The van der Waals surface area contributed by atoms with Gasteiger partial charge in [-0.25, -0.2) is 8.42 Å². The summed E-state index contributed by atoms with van der Waals surface area (Å²) in [4.78, 5) is 11.9. The lowest BCUT2D eigenvalue weighted by molar-refractivity contribution is -0.137. The SMILES string of the molecule is Cc1ccc2c(c1)S(=O)(=O)N(C)c1ccsc1C2NCCCCCCC(=O)O. The van der Waals surface area contributed by atoms with Crippen LogP contribution in [0.25, 0.3) is 0 Å². The van der Waals surface area contributed by atoms with Crippen LogP contribution in [0.2, 0.25) is 0 Å². The number of fused-ring (bicyclic) bond motifs is 2. The number of hydrogen-bond acceptors (Lipinski definition) is 5. The topological polar surface area (TPSA) is 86.7 Å². The van der Waals surface area contributed by atoms with Gasteiger partial charge in [-0.2, -0.15) is 0 Å². The highest BCUT2D eigenvalue weighted by atomic mass is 32.2. The predicted molar refractivity (Wildman–Crippen MR) is 112 cm³/mol. The van der Waals surface area contributed by atoms with Crippen molar-refractivity contribution >= 4 is 33.0 Å². The molecular weight excluding hydrogens is 396 g/mol. The van der Waals surface area contributed by atoms with E-state index in [1.807, 2.05) is 30.5 Å². The second kappa shape index (κ2) is 8.63. The monoisotopic (exact) mass is 422 g/mol. The Morgan fingerprint density at radius 3 is 2.71 bits per heavy atom. The van der Waals surface area contributed by atoms with Crippen LogP contribution in [0.4, 0.5) is 5.69 Å². The third kappa shape index (κ3) is 4.24. The number of benzene rings is 1. The molecule has 1 unspecified atom stereocenters. The fourth-order valence-corrected chi connectivity index (χ4v) is 6.12. The van der Waals surface area contributed by atoms with Gasteiger partial charge in [0.05, 0.1) is 21.5 Å². The van der Waals surface area contributed by atoms with Crippen LogP contribution >= 0.6 is 11.3 Å². The molecule has 0 amide bonds. The third-order valence-electron chi connectivity index (χ3n) is 5.06. The van der Waals surface area contributed by atoms with E-state index in [-0.39, 0.29) is 12.5 Å². The molecule has 28 heavy (non-hydrogen) atoms. The van der Waals surface area contributed by atoms with Crippen molar-refractivity contribution in [3.8, 4) is 0 Å². The lowest BCUT2D eigenvalue weighted by Gasteiger charge is -2.19. The quantitative estimate of drug-likeness (QED) is 0.630. The Morgan fingerprint density at radius 2 is 1.96 bits per heavy atom. The molecule has 1 aromatic heterocycles. The van der Waals surface area contributed by atoms with Gasteiger partial charge in [0.25, 0.3) is 10.0 Å². The number of aryl methyl sites for hydroxylation is 1. The number of carboxylic acids is 1. The van der Waals surface area contributed by atoms with Gasteiger partial charge >= 0.3 is 5.97 Å². The number of thiophene rings is 1. The first-order chi connectivity index (χ1) is 13.3. The van der Waals surface area contributed by atoms with Crippen molar-refractivity contribution in [2.45, 2.75) is 50.0 Å². The number of nitrogens with one attached hydrogen (secondary N) is 1. The minimum Gasteiger partial charge on any atom is -0.481 e. The third-order valence-corrected chi connectivity index (χ3v) is 7.86. The fourth-order valence-electron chi connectivity index (χ4n) is 3.52. The first-order valence-electron chi connectivity index (χ1n) is 9.44. The van der Waals surface area contributed by atoms with Crippen LogP contribution in [0.5, 0.6) is 0 Å². The van der Waals surface area contributed by atoms with E-state index in [9.17, 15) is 13.2 Å². The minimum absolute atomic E-state index is 0.177. The molecule has 0 spiro atoms. The minimum atomic E-state index is -3.60. The highest BCUT2D eigenvalue weighted by Crippen LogP contribution is 2.43. The molecule has 3 rings (SSSR count). The van der Waals surface area contributed by atoms with E-state index in [0.29, 0.717) is 11.3 Å². The predicted octanol–water partition coefficient (Wildman–Crippen LogP) is 3.91. The van der Waals surface area contributed by atoms with Crippen LogP contribution in [0.3, 0.4) is 0 Å². The largest absolute Gasteiger partial charge is 0.481 e. The Morgan fingerprint density at radius 1 is 1.21 bits per heavy atom. The van der Waals surface area contributed by atoms with Crippen molar-refractivity contribution in [3.63, 3.8) is 0 Å². The molecule has 0 aliphatic carbocycles. The highest BCUT2D eigenvalue weighted by Gasteiger charge is 2.35. The highest BCUT2D eigenvalue weighted by molar-refractivity contribution is 7.92. The van der Waals surface area contributed by atoms with Gasteiger partial charge < -0.3 is 10.4 Å². The fraction of sp³-hybridized carbons (Fsp3) is 0.450. The van der Waals surface area contributed by atoms with Crippen LogP contribution in [0.1, 0.15) is 54.1 Å². The molecule has 1 aliphatic heterocycles. The van der Waals surface area contributed by atoms with Crippen molar-refractivity contribution in [2.75, 3.05) is 17.9 Å². The average Bonchev–Trinajstić information content (AvgIpc) is 3.10. The van der Waals surface area contributed by atoms with Gasteiger partial charge in [-0.3, -0.25) is 9.10 Å². The van der Waals surface area contributed by atoms with E-state index >= 15 is 0 Å². The molecule has 152 valence electrons. The van der Waals surface area contributed by atoms with Gasteiger partial charge in [0.2, 0.25) is 0 Å². The maximum Gasteiger partial charge on any atom is 0.303 e. The molecule has 0 saturated carbocycles. The number of unbranched alkanes of at least 4 members (excludes halogenated alkanes) is 3. The van der Waals surface area contributed by atoms with E-state index < -0.39 is 16.0 Å². The van der Waals surface area contributed by atoms with Crippen molar-refractivity contribution in [3.05, 3.63) is 45.6 Å². The first kappa shape index (κ1) is 20.8. The van der Waals surface area contributed by atoms with Gasteiger partial charge in [-0.1, -0.05) is 25.0 Å². The van der Waals surface area contributed by atoms with Crippen LogP contribution in [0.15, 0.2) is 34.5 Å². The molecule has 0 bridgehead atoms. The van der Waals surface area contributed by atoms with Gasteiger partial charge in [0.15, 0.2) is 0 Å². The molecular formula is C20H26N2O4S2.